The summed E-state index contributed by atoms with van der Waals surface area (Å²) in [7, 11) is 0. The number of aliphatic hydroxyl groups is 2. The molecular formula is C26H31N3O6. The molecule has 1 unspecified atom stereocenters. The number of ether oxygens (including phenoxy) is 1. The minimum absolute atomic E-state index is 0.102. The number of benzene rings is 2. The molecule has 1 aromatic heterocycles. The van der Waals surface area contributed by atoms with Crippen LogP contribution in [-0.4, -0.2) is 51.4 Å². The van der Waals surface area contributed by atoms with Crippen LogP contribution in [0.1, 0.15) is 60.2 Å². The molecule has 186 valence electrons. The van der Waals surface area contributed by atoms with E-state index in [1.807, 2.05) is 52.0 Å². The van der Waals surface area contributed by atoms with Crippen LogP contribution in [-0.2, 0) is 11.2 Å². The van der Waals surface area contributed by atoms with Crippen LogP contribution >= 0.6 is 0 Å². The molecular weight excluding hydrogens is 450 g/mol. The number of rotatable bonds is 11. The van der Waals surface area contributed by atoms with Gasteiger partial charge >= 0.3 is 0 Å². The summed E-state index contributed by atoms with van der Waals surface area (Å²) in [5.41, 5.74) is 9.67. The Bertz CT molecular complexity index is 1200. The number of primary amides is 1. The highest BCUT2D eigenvalue weighted by Crippen LogP contribution is 2.32. The molecule has 9 nitrogen and oxygen atoms in total. The molecule has 35 heavy (non-hydrogen) atoms. The second-order valence-corrected chi connectivity index (χ2v) is 8.84. The van der Waals surface area contributed by atoms with Crippen molar-refractivity contribution in [3.63, 3.8) is 0 Å². The number of carbonyl (C=O) groups excluding carboxylic acids is 2. The number of aryl methyl sites for hydroxylation is 2. The largest absolute Gasteiger partial charge is 0.490 e. The van der Waals surface area contributed by atoms with Crippen molar-refractivity contribution in [2.24, 2.45) is 5.73 Å². The Morgan fingerprint density at radius 1 is 1.17 bits per heavy atom. The summed E-state index contributed by atoms with van der Waals surface area (Å²) >= 11 is 0. The van der Waals surface area contributed by atoms with Crippen LogP contribution in [0.25, 0.3) is 22.8 Å². The number of amides is 1. The van der Waals surface area contributed by atoms with Crippen LogP contribution in [0, 0.1) is 6.92 Å². The van der Waals surface area contributed by atoms with Crippen molar-refractivity contribution in [3.8, 4) is 28.6 Å². The second-order valence-electron chi connectivity index (χ2n) is 8.84. The number of hydrogen-bond donors (Lipinski definition) is 3. The van der Waals surface area contributed by atoms with E-state index in [1.165, 1.54) is 0 Å². The third kappa shape index (κ3) is 6.32. The van der Waals surface area contributed by atoms with Crippen molar-refractivity contribution in [1.29, 1.82) is 0 Å². The summed E-state index contributed by atoms with van der Waals surface area (Å²) in [6.45, 7) is 7.83. The van der Waals surface area contributed by atoms with E-state index in [9.17, 15) is 19.8 Å². The molecule has 0 spiro atoms. The first kappa shape index (κ1) is 26.1. The molecule has 3 rings (SSSR count). The molecule has 1 heterocycles. The van der Waals surface area contributed by atoms with E-state index in [0.29, 0.717) is 35.0 Å². The standard InChI is InChI=1S/C26H31N3O6/c1-5-17-9-19(6-15(4)23(17)34-13-21(31)11-22(32)24(27)33)25-28-26(35-29-25)20-8-16(12-30)7-18(10-20)14(2)3/h6-10,12,14,21-22,31-32H,5,11,13H2,1-4H3,(H2,27,33)/t21-,22?/m0/s1. The van der Waals surface area contributed by atoms with Gasteiger partial charge in [0.05, 0.1) is 6.10 Å². The Kier molecular flexibility index (Phi) is 8.37. The monoisotopic (exact) mass is 481 g/mol. The van der Waals surface area contributed by atoms with E-state index >= 15 is 0 Å². The zero-order chi connectivity index (χ0) is 25.7. The number of aldehydes is 1. The normalized spacial score (nSPS) is 13.0. The van der Waals surface area contributed by atoms with Gasteiger partial charge in [-0.05, 0) is 66.3 Å². The maximum Gasteiger partial charge on any atom is 0.258 e. The van der Waals surface area contributed by atoms with Crippen molar-refractivity contribution in [2.45, 2.75) is 58.7 Å². The molecule has 0 aliphatic heterocycles. The van der Waals surface area contributed by atoms with E-state index in [2.05, 4.69) is 10.1 Å². The average Bonchev–Trinajstić information content (AvgIpc) is 3.32. The Labute approximate surface area is 203 Å². The fraction of sp³-hybridized carbons (Fsp3) is 0.385. The minimum Gasteiger partial charge on any atom is -0.490 e. The molecule has 0 fully saturated rings. The number of aromatic nitrogens is 2. The fourth-order valence-electron chi connectivity index (χ4n) is 3.73. The molecule has 0 saturated heterocycles. The lowest BCUT2D eigenvalue weighted by molar-refractivity contribution is -0.127. The maximum absolute atomic E-state index is 11.4. The van der Waals surface area contributed by atoms with Gasteiger partial charge in [0.15, 0.2) is 0 Å². The Morgan fingerprint density at radius 3 is 2.54 bits per heavy atom. The second kappa shape index (κ2) is 11.2. The highest BCUT2D eigenvalue weighted by Gasteiger charge is 2.20. The predicted octanol–water partition coefficient (Wildman–Crippen LogP) is 3.19. The smallest absolute Gasteiger partial charge is 0.258 e. The molecule has 4 N–H and O–H groups in total. The van der Waals surface area contributed by atoms with Gasteiger partial charge in [0, 0.05) is 23.1 Å². The van der Waals surface area contributed by atoms with Crippen molar-refractivity contribution in [1.82, 2.24) is 10.1 Å². The summed E-state index contributed by atoms with van der Waals surface area (Å²) in [6, 6.07) is 9.25. The molecule has 0 aliphatic rings. The van der Waals surface area contributed by atoms with Crippen LogP contribution in [0.5, 0.6) is 5.75 Å². The Morgan fingerprint density at radius 2 is 1.91 bits per heavy atom. The molecule has 0 aliphatic carbocycles. The summed E-state index contributed by atoms with van der Waals surface area (Å²) in [5, 5.41) is 23.7. The van der Waals surface area contributed by atoms with Crippen LogP contribution < -0.4 is 10.5 Å². The summed E-state index contributed by atoms with van der Waals surface area (Å²) in [6.07, 6.45) is -1.25. The van der Waals surface area contributed by atoms with Crippen LogP contribution in [0.3, 0.4) is 0 Å². The first-order chi connectivity index (χ1) is 16.6. The quantitative estimate of drug-likeness (QED) is 0.354. The number of nitrogens with two attached hydrogens (primary N) is 1. The van der Waals surface area contributed by atoms with E-state index in [1.54, 1.807) is 6.07 Å². The lowest BCUT2D eigenvalue weighted by atomic mass is 9.98. The van der Waals surface area contributed by atoms with Crippen molar-refractivity contribution < 1.29 is 29.1 Å². The first-order valence-corrected chi connectivity index (χ1v) is 11.5. The summed E-state index contributed by atoms with van der Waals surface area (Å²) in [4.78, 5) is 26.9. The van der Waals surface area contributed by atoms with Gasteiger partial charge in [-0.15, -0.1) is 0 Å². The van der Waals surface area contributed by atoms with Gasteiger partial charge < -0.3 is 25.2 Å². The van der Waals surface area contributed by atoms with E-state index in [-0.39, 0.29) is 18.9 Å². The molecule has 0 radical (unpaired) electrons. The third-order valence-corrected chi connectivity index (χ3v) is 5.69. The fourth-order valence-corrected chi connectivity index (χ4v) is 3.73. The topological polar surface area (TPSA) is 149 Å². The van der Waals surface area contributed by atoms with Crippen LogP contribution in [0.2, 0.25) is 0 Å². The van der Waals surface area contributed by atoms with Gasteiger partial charge in [-0.2, -0.15) is 4.98 Å². The van der Waals surface area contributed by atoms with Gasteiger partial charge in [-0.1, -0.05) is 25.9 Å². The lowest BCUT2D eigenvalue weighted by Gasteiger charge is -2.18. The van der Waals surface area contributed by atoms with E-state index in [0.717, 1.165) is 28.5 Å². The number of carbonyl (C=O) groups is 2. The molecule has 9 heteroatoms. The number of aliphatic hydroxyl groups excluding tert-OH is 2. The van der Waals surface area contributed by atoms with Crippen LogP contribution in [0.4, 0.5) is 0 Å². The van der Waals surface area contributed by atoms with Gasteiger partial charge in [-0.25, -0.2) is 0 Å². The maximum atomic E-state index is 11.4. The van der Waals surface area contributed by atoms with Gasteiger partial charge in [0.1, 0.15) is 24.7 Å². The molecule has 1 amide bonds. The SMILES string of the molecule is CCc1cc(-c2noc(-c3cc(C=O)cc(C(C)C)c3)n2)cc(C)c1OC[C@@H](O)CC(O)C(N)=O. The molecule has 2 aromatic carbocycles. The Hall–Kier alpha value is -3.56. The van der Waals surface area contributed by atoms with E-state index < -0.39 is 18.1 Å². The van der Waals surface area contributed by atoms with E-state index in [4.69, 9.17) is 15.0 Å². The number of hydrogen-bond acceptors (Lipinski definition) is 8. The van der Waals surface area contributed by atoms with Crippen molar-refractivity contribution in [2.75, 3.05) is 6.61 Å². The van der Waals surface area contributed by atoms with Crippen molar-refractivity contribution >= 4 is 12.2 Å². The third-order valence-electron chi connectivity index (χ3n) is 5.69. The lowest BCUT2D eigenvalue weighted by Crippen LogP contribution is -2.33. The predicted molar refractivity (Wildman–Crippen MR) is 130 cm³/mol. The molecule has 3 aromatic rings. The average molecular weight is 482 g/mol. The molecule has 0 saturated carbocycles. The summed E-state index contributed by atoms with van der Waals surface area (Å²) in [5.74, 6) is 0.662. The highest BCUT2D eigenvalue weighted by atomic mass is 16.5. The van der Waals surface area contributed by atoms with Gasteiger partial charge in [0.25, 0.3) is 5.89 Å². The zero-order valence-electron chi connectivity index (χ0n) is 20.3. The zero-order valence-corrected chi connectivity index (χ0v) is 20.3. The van der Waals surface area contributed by atoms with Crippen molar-refractivity contribution in [3.05, 3.63) is 52.6 Å². The Balaban J connectivity index is 1.85. The minimum atomic E-state index is -1.43. The highest BCUT2D eigenvalue weighted by molar-refractivity contribution is 5.79. The first-order valence-electron chi connectivity index (χ1n) is 11.5. The number of nitrogens with zero attached hydrogens (tertiary/aromatic N) is 2. The van der Waals surface area contributed by atoms with Crippen LogP contribution in [0.15, 0.2) is 34.9 Å². The molecule has 0 bridgehead atoms. The van der Waals surface area contributed by atoms with Gasteiger partial charge in [-0.3, -0.25) is 9.59 Å². The molecule has 2 atom stereocenters. The summed E-state index contributed by atoms with van der Waals surface area (Å²) < 4.78 is 11.3. The van der Waals surface area contributed by atoms with Gasteiger partial charge in [0.2, 0.25) is 11.7 Å².